The number of rotatable bonds is 7. The summed E-state index contributed by atoms with van der Waals surface area (Å²) < 4.78 is 5.78. The molecule has 0 radical (unpaired) electrons. The van der Waals surface area contributed by atoms with Crippen LogP contribution in [0.3, 0.4) is 0 Å². The summed E-state index contributed by atoms with van der Waals surface area (Å²) in [5.74, 6) is 0.944. The summed E-state index contributed by atoms with van der Waals surface area (Å²) >= 11 is 1.73. The van der Waals surface area contributed by atoms with Crippen molar-refractivity contribution in [2.45, 2.75) is 26.5 Å². The fourth-order valence-corrected chi connectivity index (χ4v) is 2.32. The summed E-state index contributed by atoms with van der Waals surface area (Å²) in [6, 6.07) is 12.4. The summed E-state index contributed by atoms with van der Waals surface area (Å²) in [7, 11) is 0. The fourth-order valence-electron chi connectivity index (χ4n) is 1.70. The Labute approximate surface area is 113 Å². The molecule has 1 aromatic heterocycles. The van der Waals surface area contributed by atoms with E-state index in [0.29, 0.717) is 6.61 Å². The van der Waals surface area contributed by atoms with E-state index in [2.05, 4.69) is 41.9 Å². The van der Waals surface area contributed by atoms with E-state index in [4.69, 9.17) is 4.74 Å². The Morgan fingerprint density at radius 1 is 1.22 bits per heavy atom. The quantitative estimate of drug-likeness (QED) is 0.765. The molecule has 0 atom stereocenters. The molecule has 0 aliphatic rings. The third-order valence-corrected chi connectivity index (χ3v) is 3.47. The average molecular weight is 261 g/mol. The summed E-state index contributed by atoms with van der Waals surface area (Å²) in [6.07, 6.45) is 1.16. The largest absolute Gasteiger partial charge is 0.488 e. The van der Waals surface area contributed by atoms with Crippen LogP contribution in [0, 0.1) is 0 Å². The van der Waals surface area contributed by atoms with Gasteiger partial charge in [0.1, 0.15) is 12.4 Å². The average Bonchev–Trinajstić information content (AvgIpc) is 2.90. The van der Waals surface area contributed by atoms with Gasteiger partial charge in [-0.3, -0.25) is 0 Å². The first kappa shape index (κ1) is 13.1. The van der Waals surface area contributed by atoms with Crippen LogP contribution in [0.25, 0.3) is 0 Å². The molecule has 18 heavy (non-hydrogen) atoms. The van der Waals surface area contributed by atoms with E-state index >= 15 is 0 Å². The van der Waals surface area contributed by atoms with Gasteiger partial charge in [-0.05, 0) is 42.1 Å². The lowest BCUT2D eigenvalue weighted by Crippen LogP contribution is -2.13. The lowest BCUT2D eigenvalue weighted by atomic mass is 10.2. The van der Waals surface area contributed by atoms with Gasteiger partial charge < -0.3 is 10.1 Å². The number of ether oxygens (including phenoxy) is 1. The van der Waals surface area contributed by atoms with Crippen LogP contribution in [0.4, 0.5) is 0 Å². The highest BCUT2D eigenvalue weighted by Gasteiger charge is 1.98. The van der Waals surface area contributed by atoms with Gasteiger partial charge in [0, 0.05) is 11.4 Å². The summed E-state index contributed by atoms with van der Waals surface area (Å²) in [4.78, 5) is 1.25. The predicted molar refractivity (Wildman–Crippen MR) is 77.1 cm³/mol. The first-order chi connectivity index (χ1) is 8.88. The Hall–Kier alpha value is -1.32. The molecule has 1 aromatic carbocycles. The van der Waals surface area contributed by atoms with Crippen LogP contribution in [0.5, 0.6) is 5.75 Å². The summed E-state index contributed by atoms with van der Waals surface area (Å²) in [6.45, 7) is 4.79. The van der Waals surface area contributed by atoms with E-state index in [9.17, 15) is 0 Å². The molecule has 0 aliphatic heterocycles. The lowest BCUT2D eigenvalue weighted by Gasteiger charge is -2.07. The summed E-state index contributed by atoms with van der Waals surface area (Å²) in [5.41, 5.74) is 1.27. The predicted octanol–water partition coefficient (Wildman–Crippen LogP) is 3.83. The number of thiophene rings is 1. The second-order valence-corrected chi connectivity index (χ2v) is 5.22. The van der Waals surface area contributed by atoms with E-state index in [0.717, 1.165) is 25.3 Å². The van der Waals surface area contributed by atoms with Crippen LogP contribution >= 0.6 is 11.3 Å². The monoisotopic (exact) mass is 261 g/mol. The van der Waals surface area contributed by atoms with Crippen LogP contribution in [0.1, 0.15) is 23.8 Å². The number of hydrogen-bond acceptors (Lipinski definition) is 3. The van der Waals surface area contributed by atoms with Crippen LogP contribution in [-0.2, 0) is 13.2 Å². The number of nitrogens with one attached hydrogen (secondary N) is 1. The van der Waals surface area contributed by atoms with Crippen molar-refractivity contribution in [3.63, 3.8) is 0 Å². The zero-order chi connectivity index (χ0) is 12.6. The third-order valence-electron chi connectivity index (χ3n) is 2.62. The second-order valence-electron chi connectivity index (χ2n) is 4.19. The maximum absolute atomic E-state index is 5.78. The molecule has 1 heterocycles. The Morgan fingerprint density at radius 2 is 2.17 bits per heavy atom. The molecule has 0 bridgehead atoms. The van der Waals surface area contributed by atoms with Gasteiger partial charge in [0.05, 0.1) is 0 Å². The molecule has 0 saturated heterocycles. The van der Waals surface area contributed by atoms with Crippen molar-refractivity contribution in [2.75, 3.05) is 6.54 Å². The molecule has 2 nitrogen and oxygen atoms in total. The molecule has 1 N–H and O–H groups in total. The Balaban J connectivity index is 1.86. The van der Waals surface area contributed by atoms with Gasteiger partial charge in [0.15, 0.2) is 0 Å². The van der Waals surface area contributed by atoms with E-state index in [1.54, 1.807) is 11.3 Å². The molecule has 0 saturated carbocycles. The minimum atomic E-state index is 0.656. The maximum Gasteiger partial charge on any atom is 0.122 e. The summed E-state index contributed by atoms with van der Waals surface area (Å²) in [5, 5.41) is 5.47. The van der Waals surface area contributed by atoms with Gasteiger partial charge in [0.2, 0.25) is 0 Å². The first-order valence-electron chi connectivity index (χ1n) is 6.33. The van der Waals surface area contributed by atoms with Crippen molar-refractivity contribution in [1.82, 2.24) is 5.32 Å². The standard InChI is InChI=1S/C15H19NOS/c1-2-8-16-11-13-5-3-6-14(10-13)17-12-15-7-4-9-18-15/h3-7,9-10,16H,2,8,11-12H2,1H3. The minimum absolute atomic E-state index is 0.656. The first-order valence-corrected chi connectivity index (χ1v) is 7.21. The van der Waals surface area contributed by atoms with Crippen LogP contribution < -0.4 is 10.1 Å². The molecule has 96 valence electrons. The topological polar surface area (TPSA) is 21.3 Å². The zero-order valence-electron chi connectivity index (χ0n) is 10.7. The number of benzene rings is 1. The third kappa shape index (κ3) is 4.17. The van der Waals surface area contributed by atoms with Gasteiger partial charge >= 0.3 is 0 Å². The van der Waals surface area contributed by atoms with Crippen molar-refractivity contribution >= 4 is 11.3 Å². The Morgan fingerprint density at radius 3 is 2.94 bits per heavy atom. The van der Waals surface area contributed by atoms with Gasteiger partial charge in [-0.1, -0.05) is 25.1 Å². The van der Waals surface area contributed by atoms with Gasteiger partial charge in [-0.15, -0.1) is 11.3 Å². The molecule has 0 unspecified atom stereocenters. The van der Waals surface area contributed by atoms with Crippen LogP contribution in [-0.4, -0.2) is 6.54 Å². The SMILES string of the molecule is CCCNCc1cccc(OCc2cccs2)c1. The van der Waals surface area contributed by atoms with Gasteiger partial charge in [-0.2, -0.15) is 0 Å². The molecule has 0 spiro atoms. The van der Waals surface area contributed by atoms with Crippen LogP contribution in [0.15, 0.2) is 41.8 Å². The van der Waals surface area contributed by atoms with E-state index in [-0.39, 0.29) is 0 Å². The van der Waals surface area contributed by atoms with Gasteiger partial charge in [-0.25, -0.2) is 0 Å². The van der Waals surface area contributed by atoms with Crippen molar-refractivity contribution in [1.29, 1.82) is 0 Å². The lowest BCUT2D eigenvalue weighted by molar-refractivity contribution is 0.309. The molecular weight excluding hydrogens is 242 g/mol. The molecule has 0 aliphatic carbocycles. The highest BCUT2D eigenvalue weighted by Crippen LogP contribution is 2.17. The molecular formula is C15H19NOS. The normalized spacial score (nSPS) is 10.5. The molecule has 3 heteroatoms. The van der Waals surface area contributed by atoms with E-state index < -0.39 is 0 Å². The van der Waals surface area contributed by atoms with Crippen molar-refractivity contribution < 1.29 is 4.74 Å². The van der Waals surface area contributed by atoms with Crippen molar-refractivity contribution in [3.8, 4) is 5.75 Å². The fraction of sp³-hybridized carbons (Fsp3) is 0.333. The van der Waals surface area contributed by atoms with E-state index in [1.807, 2.05) is 12.1 Å². The highest BCUT2D eigenvalue weighted by atomic mass is 32.1. The molecule has 0 fully saturated rings. The number of hydrogen-bond donors (Lipinski definition) is 1. The Bertz CT molecular complexity index is 453. The zero-order valence-corrected chi connectivity index (χ0v) is 11.5. The van der Waals surface area contributed by atoms with E-state index in [1.165, 1.54) is 10.4 Å². The van der Waals surface area contributed by atoms with Crippen molar-refractivity contribution in [3.05, 3.63) is 52.2 Å². The molecule has 0 amide bonds. The van der Waals surface area contributed by atoms with Gasteiger partial charge in [0.25, 0.3) is 0 Å². The van der Waals surface area contributed by atoms with Crippen LogP contribution in [0.2, 0.25) is 0 Å². The highest BCUT2D eigenvalue weighted by molar-refractivity contribution is 7.09. The Kier molecular flexibility index (Phi) is 5.24. The minimum Gasteiger partial charge on any atom is -0.488 e. The van der Waals surface area contributed by atoms with Crippen molar-refractivity contribution in [2.24, 2.45) is 0 Å². The smallest absolute Gasteiger partial charge is 0.122 e. The maximum atomic E-state index is 5.78. The second kappa shape index (κ2) is 7.19. The molecule has 2 aromatic rings. The molecule has 2 rings (SSSR count).